The molecule has 1 aromatic rings. The molecular weight excluding hydrogens is 186 g/mol. The fraction of sp³-hybridized carbons (Fsp3) is 0.750. The lowest BCUT2D eigenvalue weighted by atomic mass is 10.1. The van der Waals surface area contributed by atoms with Gasteiger partial charge in [-0.25, -0.2) is 4.98 Å². The van der Waals surface area contributed by atoms with Crippen LogP contribution in [-0.2, 0) is 7.05 Å². The second-order valence-electron chi connectivity index (χ2n) is 4.06. The summed E-state index contributed by atoms with van der Waals surface area (Å²) in [5.41, 5.74) is 0. The molecule has 0 amide bonds. The van der Waals surface area contributed by atoms with Gasteiger partial charge in [-0.1, -0.05) is 39.0 Å². The first-order chi connectivity index (χ1) is 7.34. The van der Waals surface area contributed by atoms with Crippen LogP contribution in [0.25, 0.3) is 0 Å². The SMILES string of the molecule is CCCCCCCCNc1nccn1C. The van der Waals surface area contributed by atoms with Crippen molar-refractivity contribution in [2.45, 2.75) is 45.4 Å². The van der Waals surface area contributed by atoms with Gasteiger partial charge in [0.25, 0.3) is 0 Å². The lowest BCUT2D eigenvalue weighted by Crippen LogP contribution is -2.06. The second kappa shape index (κ2) is 7.32. The lowest BCUT2D eigenvalue weighted by Gasteiger charge is -2.05. The molecule has 0 fully saturated rings. The Bertz CT molecular complexity index is 255. The Kier molecular flexibility index (Phi) is 5.90. The van der Waals surface area contributed by atoms with E-state index >= 15 is 0 Å². The Morgan fingerprint density at radius 1 is 1.20 bits per heavy atom. The number of aromatic nitrogens is 2. The molecule has 0 atom stereocenters. The standard InChI is InChI=1S/C12H23N3/c1-3-4-5-6-7-8-9-13-12-14-10-11-15(12)2/h10-11H,3-9H2,1-2H3,(H,13,14). The van der Waals surface area contributed by atoms with Crippen molar-refractivity contribution in [1.29, 1.82) is 0 Å². The molecule has 0 aliphatic rings. The van der Waals surface area contributed by atoms with E-state index < -0.39 is 0 Å². The number of nitrogens with one attached hydrogen (secondary N) is 1. The van der Waals surface area contributed by atoms with Crippen molar-refractivity contribution in [2.75, 3.05) is 11.9 Å². The molecule has 1 N–H and O–H groups in total. The van der Waals surface area contributed by atoms with Crippen LogP contribution in [0.3, 0.4) is 0 Å². The molecule has 0 spiro atoms. The van der Waals surface area contributed by atoms with Crippen molar-refractivity contribution in [1.82, 2.24) is 9.55 Å². The maximum atomic E-state index is 4.21. The second-order valence-corrected chi connectivity index (χ2v) is 4.06. The summed E-state index contributed by atoms with van der Waals surface area (Å²) in [6.07, 6.45) is 11.8. The summed E-state index contributed by atoms with van der Waals surface area (Å²) in [6.45, 7) is 3.29. The molecule has 3 heteroatoms. The molecule has 0 radical (unpaired) electrons. The Hall–Kier alpha value is -0.990. The maximum Gasteiger partial charge on any atom is 0.202 e. The van der Waals surface area contributed by atoms with Crippen LogP contribution < -0.4 is 5.32 Å². The molecule has 0 bridgehead atoms. The highest BCUT2D eigenvalue weighted by Crippen LogP contribution is 2.06. The van der Waals surface area contributed by atoms with Gasteiger partial charge in [-0.2, -0.15) is 0 Å². The highest BCUT2D eigenvalue weighted by Gasteiger charge is 1.96. The Morgan fingerprint density at radius 3 is 2.60 bits per heavy atom. The van der Waals surface area contributed by atoms with Crippen LogP contribution in [0.1, 0.15) is 45.4 Å². The van der Waals surface area contributed by atoms with Crippen molar-refractivity contribution in [3.05, 3.63) is 12.4 Å². The largest absolute Gasteiger partial charge is 0.356 e. The van der Waals surface area contributed by atoms with Gasteiger partial charge in [0.05, 0.1) is 0 Å². The summed E-state index contributed by atoms with van der Waals surface area (Å²) < 4.78 is 2.01. The molecule has 0 aliphatic heterocycles. The van der Waals surface area contributed by atoms with E-state index in [1.54, 1.807) is 0 Å². The molecular formula is C12H23N3. The van der Waals surface area contributed by atoms with Gasteiger partial charge >= 0.3 is 0 Å². The minimum absolute atomic E-state index is 0.976. The third kappa shape index (κ3) is 4.86. The molecule has 0 aromatic carbocycles. The number of nitrogens with zero attached hydrogens (tertiary/aromatic N) is 2. The van der Waals surface area contributed by atoms with Gasteiger partial charge in [-0.3, -0.25) is 0 Å². The number of rotatable bonds is 8. The third-order valence-corrected chi connectivity index (χ3v) is 2.63. The fourth-order valence-electron chi connectivity index (χ4n) is 1.64. The number of hydrogen-bond acceptors (Lipinski definition) is 2. The summed E-state index contributed by atoms with van der Waals surface area (Å²) in [6, 6.07) is 0. The normalized spacial score (nSPS) is 10.5. The van der Waals surface area contributed by atoms with Crippen molar-refractivity contribution >= 4 is 5.95 Å². The number of anilines is 1. The van der Waals surface area contributed by atoms with Crippen LogP contribution in [0.5, 0.6) is 0 Å². The number of unbranched alkanes of at least 4 members (excludes halogenated alkanes) is 5. The van der Waals surface area contributed by atoms with Crippen molar-refractivity contribution < 1.29 is 0 Å². The first-order valence-electron chi connectivity index (χ1n) is 6.05. The molecule has 0 aliphatic carbocycles. The summed E-state index contributed by atoms with van der Waals surface area (Å²) in [5, 5.41) is 3.34. The fourth-order valence-corrected chi connectivity index (χ4v) is 1.64. The van der Waals surface area contributed by atoms with Crippen LogP contribution in [0, 0.1) is 0 Å². The van der Waals surface area contributed by atoms with Gasteiger partial charge in [-0.15, -0.1) is 0 Å². The zero-order chi connectivity index (χ0) is 10.9. The number of imidazole rings is 1. The van der Waals surface area contributed by atoms with Gasteiger partial charge in [0.1, 0.15) is 0 Å². The lowest BCUT2D eigenvalue weighted by molar-refractivity contribution is 0.616. The van der Waals surface area contributed by atoms with E-state index in [1.807, 2.05) is 24.0 Å². The van der Waals surface area contributed by atoms with E-state index in [4.69, 9.17) is 0 Å². The van der Waals surface area contributed by atoms with E-state index in [0.717, 1.165) is 12.5 Å². The summed E-state index contributed by atoms with van der Waals surface area (Å²) in [5.74, 6) is 0.976. The van der Waals surface area contributed by atoms with E-state index in [2.05, 4.69) is 17.2 Å². The van der Waals surface area contributed by atoms with Gasteiger partial charge in [-0.05, 0) is 6.42 Å². The Balaban J connectivity index is 1.96. The molecule has 1 heterocycles. The quantitative estimate of drug-likeness (QED) is 0.666. The van der Waals surface area contributed by atoms with Gasteiger partial charge < -0.3 is 9.88 Å². The average Bonchev–Trinajstić information content (AvgIpc) is 2.63. The predicted molar refractivity (Wildman–Crippen MR) is 65.1 cm³/mol. The van der Waals surface area contributed by atoms with Gasteiger partial charge in [0.15, 0.2) is 0 Å². The van der Waals surface area contributed by atoms with Crippen LogP contribution in [0.2, 0.25) is 0 Å². The van der Waals surface area contributed by atoms with Crippen LogP contribution in [-0.4, -0.2) is 16.1 Å². The average molecular weight is 209 g/mol. The van der Waals surface area contributed by atoms with Crippen LogP contribution >= 0.6 is 0 Å². The first-order valence-corrected chi connectivity index (χ1v) is 6.05. The Morgan fingerprint density at radius 2 is 1.93 bits per heavy atom. The number of aryl methyl sites for hydroxylation is 1. The first kappa shape index (κ1) is 12.1. The van der Waals surface area contributed by atoms with E-state index in [0.29, 0.717) is 0 Å². The minimum Gasteiger partial charge on any atom is -0.356 e. The third-order valence-electron chi connectivity index (χ3n) is 2.63. The highest BCUT2D eigenvalue weighted by molar-refractivity contribution is 5.24. The van der Waals surface area contributed by atoms with Gasteiger partial charge in [0.2, 0.25) is 5.95 Å². The van der Waals surface area contributed by atoms with E-state index in [9.17, 15) is 0 Å². The Labute approximate surface area is 92.9 Å². The number of hydrogen-bond donors (Lipinski definition) is 1. The molecule has 1 aromatic heterocycles. The summed E-state index contributed by atoms with van der Waals surface area (Å²) in [4.78, 5) is 4.21. The highest BCUT2D eigenvalue weighted by atomic mass is 15.2. The smallest absolute Gasteiger partial charge is 0.202 e. The molecule has 15 heavy (non-hydrogen) atoms. The minimum atomic E-state index is 0.976. The van der Waals surface area contributed by atoms with Crippen molar-refractivity contribution in [2.24, 2.45) is 7.05 Å². The van der Waals surface area contributed by atoms with Crippen LogP contribution in [0.4, 0.5) is 5.95 Å². The molecule has 0 unspecified atom stereocenters. The monoisotopic (exact) mass is 209 g/mol. The maximum absolute atomic E-state index is 4.21. The summed E-state index contributed by atoms with van der Waals surface area (Å²) in [7, 11) is 2.01. The van der Waals surface area contributed by atoms with E-state index in [-0.39, 0.29) is 0 Å². The molecule has 3 nitrogen and oxygen atoms in total. The zero-order valence-corrected chi connectivity index (χ0v) is 10.00. The molecule has 86 valence electrons. The molecule has 1 rings (SSSR count). The topological polar surface area (TPSA) is 29.9 Å². The zero-order valence-electron chi connectivity index (χ0n) is 10.00. The van der Waals surface area contributed by atoms with E-state index in [1.165, 1.54) is 38.5 Å². The van der Waals surface area contributed by atoms with Gasteiger partial charge in [0, 0.05) is 26.0 Å². The molecule has 0 saturated heterocycles. The predicted octanol–water partition coefficient (Wildman–Crippen LogP) is 3.19. The summed E-state index contributed by atoms with van der Waals surface area (Å²) >= 11 is 0. The van der Waals surface area contributed by atoms with Crippen molar-refractivity contribution in [3.8, 4) is 0 Å². The van der Waals surface area contributed by atoms with Crippen LogP contribution in [0.15, 0.2) is 12.4 Å². The molecule has 0 saturated carbocycles. The van der Waals surface area contributed by atoms with Crippen molar-refractivity contribution in [3.63, 3.8) is 0 Å².